The molecule has 1 aliphatic carbocycles. The van der Waals surface area contributed by atoms with Gasteiger partial charge in [-0.2, -0.15) is 0 Å². The molecule has 4 nitrogen and oxygen atoms in total. The molecule has 1 aromatic heterocycles. The van der Waals surface area contributed by atoms with Crippen molar-refractivity contribution in [2.45, 2.75) is 57.8 Å². The van der Waals surface area contributed by atoms with Gasteiger partial charge in [0.1, 0.15) is 5.82 Å². The summed E-state index contributed by atoms with van der Waals surface area (Å²) in [7, 11) is 0. The molecule has 166 valence electrons. The van der Waals surface area contributed by atoms with Gasteiger partial charge in [-0.05, 0) is 61.0 Å². The third-order valence-corrected chi connectivity index (χ3v) is 7.23. The molecule has 1 aliphatic heterocycles. The van der Waals surface area contributed by atoms with Gasteiger partial charge in [-0.3, -0.25) is 0 Å². The van der Waals surface area contributed by atoms with Crippen LogP contribution in [0.5, 0.6) is 0 Å². The lowest BCUT2D eigenvalue weighted by molar-refractivity contribution is 0.292. The van der Waals surface area contributed by atoms with E-state index in [1.54, 1.807) is 0 Å². The van der Waals surface area contributed by atoms with Gasteiger partial charge in [-0.25, -0.2) is 4.98 Å². The zero-order chi connectivity index (χ0) is 21.7. The van der Waals surface area contributed by atoms with Crippen LogP contribution in [0.15, 0.2) is 48.7 Å². The molecule has 2 heterocycles. The van der Waals surface area contributed by atoms with E-state index in [2.05, 4.69) is 71.8 Å². The van der Waals surface area contributed by atoms with E-state index in [-0.39, 0.29) is 5.41 Å². The summed E-state index contributed by atoms with van der Waals surface area (Å²) in [6.07, 6.45) is 9.56. The van der Waals surface area contributed by atoms with Crippen molar-refractivity contribution in [1.82, 2.24) is 10.3 Å². The number of piperidine rings is 1. The van der Waals surface area contributed by atoms with E-state index in [0.29, 0.717) is 5.11 Å². The Morgan fingerprint density at radius 1 is 1.03 bits per heavy atom. The maximum Gasteiger partial charge on any atom is 0.170 e. The molecule has 0 amide bonds. The minimum atomic E-state index is 0.176. The van der Waals surface area contributed by atoms with E-state index in [9.17, 15) is 0 Å². The van der Waals surface area contributed by atoms with Crippen molar-refractivity contribution in [1.29, 1.82) is 0 Å². The summed E-state index contributed by atoms with van der Waals surface area (Å²) < 4.78 is 0. The molecule has 2 aromatic rings. The fraction of sp³-hybridized carbons (Fsp3) is 0.538. The summed E-state index contributed by atoms with van der Waals surface area (Å²) in [4.78, 5) is 7.12. The monoisotopic (exact) mass is 436 g/mol. The standard InChI is InChI=1S/C26H36N4S/c1-20-15-21(2)18-30(17-20)24-12-11-23(16-27-24)29-25(31)28-19-26(13-7-4-8-14-26)22-9-5-3-6-10-22/h3,5-6,9-12,16,20-21H,4,7-8,13-15,17-19H2,1-2H3,(H2,28,29,31)/t20-,21-/m0/s1. The SMILES string of the molecule is C[C@H]1C[C@H](C)CN(c2ccc(NC(=S)NCC3(c4ccccc4)CCCCC3)cn2)C1. The van der Waals surface area contributed by atoms with E-state index < -0.39 is 0 Å². The molecule has 1 saturated heterocycles. The Balaban J connectivity index is 1.35. The Kier molecular flexibility index (Phi) is 7.11. The predicted octanol–water partition coefficient (Wildman–Crippen LogP) is 5.75. The first-order chi connectivity index (χ1) is 15.0. The molecule has 1 aromatic carbocycles. The van der Waals surface area contributed by atoms with Gasteiger partial charge in [-0.15, -0.1) is 0 Å². The fourth-order valence-electron chi connectivity index (χ4n) is 5.51. The summed E-state index contributed by atoms with van der Waals surface area (Å²) in [5.74, 6) is 2.50. The number of hydrogen-bond acceptors (Lipinski definition) is 3. The van der Waals surface area contributed by atoms with Crippen LogP contribution in [0, 0.1) is 11.8 Å². The first-order valence-corrected chi connectivity index (χ1v) is 12.3. The molecule has 2 fully saturated rings. The molecular formula is C26H36N4S. The Bertz CT molecular complexity index is 835. The molecule has 0 bridgehead atoms. The van der Waals surface area contributed by atoms with E-state index in [4.69, 9.17) is 17.2 Å². The molecule has 4 rings (SSSR count). The van der Waals surface area contributed by atoms with Crippen LogP contribution in [0.1, 0.15) is 57.9 Å². The van der Waals surface area contributed by atoms with Gasteiger partial charge in [0.05, 0.1) is 11.9 Å². The molecule has 0 radical (unpaired) electrons. The number of pyridine rings is 1. The van der Waals surface area contributed by atoms with Crippen LogP contribution in [0.2, 0.25) is 0 Å². The van der Waals surface area contributed by atoms with Crippen molar-refractivity contribution in [2.75, 3.05) is 29.9 Å². The maximum atomic E-state index is 5.63. The summed E-state index contributed by atoms with van der Waals surface area (Å²) in [6.45, 7) is 7.71. The number of nitrogens with one attached hydrogen (secondary N) is 2. The second-order valence-electron chi connectivity index (χ2n) is 9.77. The van der Waals surface area contributed by atoms with Gasteiger partial charge in [0, 0.05) is 25.0 Å². The zero-order valence-electron chi connectivity index (χ0n) is 18.9. The Hall–Kier alpha value is -2.14. The molecule has 5 heteroatoms. The molecule has 0 unspecified atom stereocenters. The van der Waals surface area contributed by atoms with Crippen LogP contribution in [0.25, 0.3) is 0 Å². The van der Waals surface area contributed by atoms with Gasteiger partial charge < -0.3 is 15.5 Å². The van der Waals surface area contributed by atoms with Gasteiger partial charge in [-0.1, -0.05) is 63.4 Å². The normalized spacial score (nSPS) is 23.2. The lowest BCUT2D eigenvalue weighted by atomic mass is 9.69. The first kappa shape index (κ1) is 22.1. The number of rotatable bonds is 5. The van der Waals surface area contributed by atoms with Gasteiger partial charge in [0.15, 0.2) is 5.11 Å². The van der Waals surface area contributed by atoms with Crippen molar-refractivity contribution in [2.24, 2.45) is 11.8 Å². The number of anilines is 2. The number of benzene rings is 1. The molecular weight excluding hydrogens is 400 g/mol. The largest absolute Gasteiger partial charge is 0.362 e. The number of thiocarbonyl (C=S) groups is 1. The van der Waals surface area contributed by atoms with Gasteiger partial charge in [0.25, 0.3) is 0 Å². The van der Waals surface area contributed by atoms with Crippen LogP contribution < -0.4 is 15.5 Å². The van der Waals surface area contributed by atoms with E-state index >= 15 is 0 Å². The van der Waals surface area contributed by atoms with Gasteiger partial charge >= 0.3 is 0 Å². The topological polar surface area (TPSA) is 40.2 Å². The third-order valence-electron chi connectivity index (χ3n) is 6.98. The fourth-order valence-corrected chi connectivity index (χ4v) is 5.70. The number of aromatic nitrogens is 1. The van der Waals surface area contributed by atoms with Crippen molar-refractivity contribution in [3.8, 4) is 0 Å². The highest BCUT2D eigenvalue weighted by atomic mass is 32.1. The first-order valence-electron chi connectivity index (χ1n) is 11.9. The second-order valence-corrected chi connectivity index (χ2v) is 10.2. The Morgan fingerprint density at radius 3 is 2.39 bits per heavy atom. The van der Waals surface area contributed by atoms with Crippen molar-refractivity contribution in [3.63, 3.8) is 0 Å². The highest BCUT2D eigenvalue weighted by Gasteiger charge is 2.33. The van der Waals surface area contributed by atoms with Crippen molar-refractivity contribution in [3.05, 3.63) is 54.2 Å². The van der Waals surface area contributed by atoms with Crippen LogP contribution in [0.3, 0.4) is 0 Å². The minimum absolute atomic E-state index is 0.176. The maximum absolute atomic E-state index is 5.63. The second kappa shape index (κ2) is 9.99. The molecule has 2 atom stereocenters. The highest BCUT2D eigenvalue weighted by Crippen LogP contribution is 2.39. The van der Waals surface area contributed by atoms with Crippen LogP contribution >= 0.6 is 12.2 Å². The van der Waals surface area contributed by atoms with Crippen LogP contribution in [-0.4, -0.2) is 29.7 Å². The van der Waals surface area contributed by atoms with E-state index in [0.717, 1.165) is 43.0 Å². The molecule has 2 aliphatic rings. The van der Waals surface area contributed by atoms with E-state index in [1.807, 2.05) is 6.20 Å². The van der Waals surface area contributed by atoms with E-state index in [1.165, 1.54) is 44.1 Å². The summed E-state index contributed by atoms with van der Waals surface area (Å²) in [5, 5.41) is 7.53. The molecule has 2 N–H and O–H groups in total. The molecule has 1 saturated carbocycles. The quantitative estimate of drug-likeness (QED) is 0.584. The van der Waals surface area contributed by atoms with Gasteiger partial charge in [0.2, 0.25) is 0 Å². The summed E-state index contributed by atoms with van der Waals surface area (Å²) in [6, 6.07) is 15.2. The lowest BCUT2D eigenvalue weighted by Crippen LogP contribution is -2.43. The number of nitrogens with zero attached hydrogens (tertiary/aromatic N) is 2. The predicted molar refractivity (Wildman–Crippen MR) is 135 cm³/mol. The zero-order valence-corrected chi connectivity index (χ0v) is 19.8. The Labute approximate surface area is 192 Å². The summed E-state index contributed by atoms with van der Waals surface area (Å²) in [5.41, 5.74) is 2.55. The average molecular weight is 437 g/mol. The highest BCUT2D eigenvalue weighted by molar-refractivity contribution is 7.80. The average Bonchev–Trinajstić information content (AvgIpc) is 2.79. The van der Waals surface area contributed by atoms with Crippen LogP contribution in [-0.2, 0) is 5.41 Å². The Morgan fingerprint density at radius 2 is 1.74 bits per heavy atom. The third kappa shape index (κ3) is 5.57. The van der Waals surface area contributed by atoms with Crippen molar-refractivity contribution >= 4 is 28.8 Å². The molecule has 31 heavy (non-hydrogen) atoms. The molecule has 0 spiro atoms. The van der Waals surface area contributed by atoms with Crippen molar-refractivity contribution < 1.29 is 0 Å². The van der Waals surface area contributed by atoms with Crippen LogP contribution in [0.4, 0.5) is 11.5 Å². The summed E-state index contributed by atoms with van der Waals surface area (Å²) >= 11 is 5.63. The number of hydrogen-bond donors (Lipinski definition) is 2. The smallest absolute Gasteiger partial charge is 0.170 e. The minimum Gasteiger partial charge on any atom is -0.362 e. The lowest BCUT2D eigenvalue weighted by Gasteiger charge is -2.38.